The molecule has 2 rings (SSSR count). The van der Waals surface area contributed by atoms with Gasteiger partial charge in [0.1, 0.15) is 12.1 Å². The molecule has 0 fully saturated rings. The fraction of sp³-hybridized carbons (Fsp3) is 0.267. The molecule has 25 heavy (non-hydrogen) atoms. The summed E-state index contributed by atoms with van der Waals surface area (Å²) >= 11 is 0. The van der Waals surface area contributed by atoms with E-state index in [-0.39, 0.29) is 16.3 Å². The fourth-order valence-corrected chi connectivity index (χ4v) is 3.44. The van der Waals surface area contributed by atoms with Gasteiger partial charge < -0.3 is 10.4 Å². The Morgan fingerprint density at radius 2 is 1.88 bits per heavy atom. The van der Waals surface area contributed by atoms with Crippen LogP contribution in [-0.4, -0.2) is 48.8 Å². The van der Waals surface area contributed by atoms with E-state index < -0.39 is 28.4 Å². The lowest BCUT2D eigenvalue weighted by atomic mass is 10.2. The molecule has 2 N–H and O–H groups in total. The van der Waals surface area contributed by atoms with Crippen LogP contribution < -0.4 is 9.62 Å². The molecule has 1 aromatic carbocycles. The summed E-state index contributed by atoms with van der Waals surface area (Å²) in [6, 6.07) is 6.29. The minimum absolute atomic E-state index is 0.0310. The molecule has 0 atom stereocenters. The van der Waals surface area contributed by atoms with E-state index >= 15 is 0 Å². The SMILES string of the molecule is Cc1ccc(S(=O)(=O)N(C)c2c(C(=O)NCC(=O)O)cnn2C)cc1. The average molecular weight is 366 g/mol. The molecule has 2 aromatic rings. The van der Waals surface area contributed by atoms with E-state index in [1.807, 2.05) is 6.92 Å². The fourth-order valence-electron chi connectivity index (χ4n) is 2.20. The first kappa shape index (κ1) is 18.5. The van der Waals surface area contributed by atoms with E-state index in [9.17, 15) is 18.0 Å². The van der Waals surface area contributed by atoms with Crippen molar-refractivity contribution in [2.75, 3.05) is 17.9 Å². The highest BCUT2D eigenvalue weighted by Crippen LogP contribution is 2.25. The van der Waals surface area contributed by atoms with Gasteiger partial charge in [-0.05, 0) is 19.1 Å². The number of nitrogens with one attached hydrogen (secondary N) is 1. The molecule has 0 aliphatic heterocycles. The van der Waals surface area contributed by atoms with Crippen molar-refractivity contribution in [3.8, 4) is 0 Å². The monoisotopic (exact) mass is 366 g/mol. The number of anilines is 1. The van der Waals surface area contributed by atoms with Crippen molar-refractivity contribution in [1.29, 1.82) is 0 Å². The maximum atomic E-state index is 12.8. The number of amides is 1. The highest BCUT2D eigenvalue weighted by molar-refractivity contribution is 7.92. The minimum Gasteiger partial charge on any atom is -0.480 e. The Morgan fingerprint density at radius 3 is 2.44 bits per heavy atom. The zero-order chi connectivity index (χ0) is 18.8. The van der Waals surface area contributed by atoms with Crippen molar-refractivity contribution in [1.82, 2.24) is 15.1 Å². The third-order valence-corrected chi connectivity index (χ3v) is 5.29. The van der Waals surface area contributed by atoms with Gasteiger partial charge in [-0.25, -0.2) is 8.42 Å². The Labute approximate surface area is 144 Å². The smallest absolute Gasteiger partial charge is 0.322 e. The number of nitrogens with zero attached hydrogens (tertiary/aromatic N) is 3. The normalized spacial score (nSPS) is 11.2. The molecular formula is C15H18N4O5S. The molecule has 134 valence electrons. The number of hydrogen-bond acceptors (Lipinski definition) is 5. The molecule has 1 amide bonds. The highest BCUT2D eigenvalue weighted by Gasteiger charge is 2.28. The van der Waals surface area contributed by atoms with Crippen LogP contribution in [0.25, 0.3) is 0 Å². The molecule has 1 heterocycles. The number of sulfonamides is 1. The number of carboxylic acid groups (broad SMARTS) is 1. The minimum atomic E-state index is -3.91. The Balaban J connectivity index is 2.40. The van der Waals surface area contributed by atoms with Crippen LogP contribution in [0.3, 0.4) is 0 Å². The molecule has 9 nitrogen and oxygen atoms in total. The van der Waals surface area contributed by atoms with Gasteiger partial charge in [0.05, 0.1) is 11.1 Å². The predicted molar refractivity (Wildman–Crippen MR) is 89.9 cm³/mol. The van der Waals surface area contributed by atoms with Gasteiger partial charge >= 0.3 is 5.97 Å². The lowest BCUT2D eigenvalue weighted by Gasteiger charge is -2.20. The van der Waals surface area contributed by atoms with E-state index in [4.69, 9.17) is 5.11 Å². The summed E-state index contributed by atoms with van der Waals surface area (Å²) in [5.74, 6) is -1.90. The molecule has 10 heteroatoms. The number of hydrogen-bond donors (Lipinski definition) is 2. The molecule has 0 saturated carbocycles. The van der Waals surface area contributed by atoms with Crippen LogP contribution >= 0.6 is 0 Å². The summed E-state index contributed by atoms with van der Waals surface area (Å²) in [5, 5.41) is 14.8. The standard InChI is InChI=1S/C15H18N4O5S/c1-10-4-6-11(7-5-10)25(23,24)19(3)15-12(8-17-18(15)2)14(22)16-9-13(20)21/h4-8H,9H2,1-3H3,(H,16,22)(H,20,21). The number of carbonyl (C=O) groups is 2. The number of aromatic nitrogens is 2. The second-order valence-corrected chi connectivity index (χ2v) is 7.34. The van der Waals surface area contributed by atoms with Gasteiger partial charge in [-0.2, -0.15) is 5.10 Å². The number of rotatable bonds is 6. The van der Waals surface area contributed by atoms with Crippen LogP contribution in [0.2, 0.25) is 0 Å². The number of carbonyl (C=O) groups excluding carboxylic acids is 1. The van der Waals surface area contributed by atoms with Crippen LogP contribution in [0, 0.1) is 6.92 Å². The Bertz CT molecular complexity index is 903. The number of benzene rings is 1. The van der Waals surface area contributed by atoms with Gasteiger partial charge in [-0.15, -0.1) is 0 Å². The van der Waals surface area contributed by atoms with Crippen LogP contribution in [-0.2, 0) is 21.9 Å². The number of aryl methyl sites for hydroxylation is 2. The summed E-state index contributed by atoms with van der Waals surface area (Å²) in [4.78, 5) is 22.8. The van der Waals surface area contributed by atoms with E-state index in [0.29, 0.717) is 0 Å². The van der Waals surface area contributed by atoms with Crippen molar-refractivity contribution >= 4 is 27.7 Å². The zero-order valence-electron chi connectivity index (χ0n) is 13.9. The lowest BCUT2D eigenvalue weighted by Crippen LogP contribution is -2.33. The number of aliphatic carboxylic acids is 1. The largest absolute Gasteiger partial charge is 0.480 e. The second-order valence-electron chi connectivity index (χ2n) is 5.37. The topological polar surface area (TPSA) is 122 Å². The highest BCUT2D eigenvalue weighted by atomic mass is 32.2. The molecule has 0 aliphatic carbocycles. The third kappa shape index (κ3) is 3.79. The van der Waals surface area contributed by atoms with Crippen molar-refractivity contribution in [2.24, 2.45) is 7.05 Å². The molecule has 1 aromatic heterocycles. The lowest BCUT2D eigenvalue weighted by molar-refractivity contribution is -0.135. The van der Waals surface area contributed by atoms with Crippen LogP contribution in [0.15, 0.2) is 35.4 Å². The molecule has 0 aliphatic rings. The van der Waals surface area contributed by atoms with E-state index in [2.05, 4.69) is 10.4 Å². The maximum absolute atomic E-state index is 12.8. The molecule has 0 bridgehead atoms. The Morgan fingerprint density at radius 1 is 1.28 bits per heavy atom. The van der Waals surface area contributed by atoms with Gasteiger partial charge in [0, 0.05) is 14.1 Å². The predicted octanol–water partition coefficient (Wildman–Crippen LogP) is 0.368. The van der Waals surface area contributed by atoms with Gasteiger partial charge in [0.25, 0.3) is 15.9 Å². The number of carboxylic acids is 1. The average Bonchev–Trinajstić information content (AvgIpc) is 2.93. The maximum Gasteiger partial charge on any atom is 0.322 e. The van der Waals surface area contributed by atoms with E-state index in [1.54, 1.807) is 12.1 Å². The van der Waals surface area contributed by atoms with Crippen molar-refractivity contribution in [3.63, 3.8) is 0 Å². The van der Waals surface area contributed by atoms with Gasteiger partial charge in [-0.1, -0.05) is 17.7 Å². The molecule has 0 unspecified atom stereocenters. The second kappa shape index (κ2) is 6.93. The van der Waals surface area contributed by atoms with E-state index in [1.165, 1.54) is 37.1 Å². The van der Waals surface area contributed by atoms with Crippen LogP contribution in [0.1, 0.15) is 15.9 Å². The first-order valence-electron chi connectivity index (χ1n) is 7.22. The Kier molecular flexibility index (Phi) is 5.12. The van der Waals surface area contributed by atoms with Gasteiger partial charge in [-0.3, -0.25) is 18.6 Å². The molecule has 0 spiro atoms. The zero-order valence-corrected chi connectivity index (χ0v) is 14.7. The first-order chi connectivity index (χ1) is 11.6. The summed E-state index contributed by atoms with van der Waals surface area (Å²) in [6.45, 7) is 1.26. The van der Waals surface area contributed by atoms with Crippen LogP contribution in [0.4, 0.5) is 5.82 Å². The van der Waals surface area contributed by atoms with Crippen LogP contribution in [0.5, 0.6) is 0 Å². The van der Waals surface area contributed by atoms with Crippen molar-refractivity contribution < 1.29 is 23.1 Å². The quantitative estimate of drug-likeness (QED) is 0.762. The summed E-state index contributed by atoms with van der Waals surface area (Å²) < 4.78 is 27.8. The third-order valence-electron chi connectivity index (χ3n) is 3.53. The van der Waals surface area contributed by atoms with Gasteiger partial charge in [0.15, 0.2) is 5.82 Å². The van der Waals surface area contributed by atoms with Crippen molar-refractivity contribution in [3.05, 3.63) is 41.6 Å². The molecule has 0 saturated heterocycles. The van der Waals surface area contributed by atoms with E-state index in [0.717, 1.165) is 9.87 Å². The first-order valence-corrected chi connectivity index (χ1v) is 8.66. The van der Waals surface area contributed by atoms with Gasteiger partial charge in [0.2, 0.25) is 0 Å². The van der Waals surface area contributed by atoms with Crippen molar-refractivity contribution in [2.45, 2.75) is 11.8 Å². The summed E-state index contributed by atoms with van der Waals surface area (Å²) in [5.41, 5.74) is 0.873. The molecule has 0 radical (unpaired) electrons. The summed E-state index contributed by atoms with van der Waals surface area (Å²) in [6.07, 6.45) is 1.19. The Hall–Kier alpha value is -2.88. The molecular weight excluding hydrogens is 348 g/mol. The summed E-state index contributed by atoms with van der Waals surface area (Å²) in [7, 11) is -1.12.